The van der Waals surface area contributed by atoms with Gasteiger partial charge in [-0.2, -0.15) is 0 Å². The average molecular weight is 250 g/mol. The number of ether oxygens (including phenoxy) is 1. The van der Waals surface area contributed by atoms with Gasteiger partial charge in [-0.1, -0.05) is 19.1 Å². The Morgan fingerprint density at radius 3 is 2.83 bits per heavy atom. The molecule has 102 valence electrons. The second kappa shape index (κ2) is 8.95. The monoisotopic (exact) mass is 250 g/mol. The van der Waals surface area contributed by atoms with E-state index < -0.39 is 0 Å². The topological polar surface area (TPSA) is 33.3 Å². The number of hydrogen-bond acceptors (Lipinski definition) is 3. The molecule has 0 amide bonds. The molecule has 1 aromatic rings. The second-order valence-electron chi connectivity index (χ2n) is 4.66. The zero-order chi connectivity index (χ0) is 13.2. The first-order valence-electron chi connectivity index (χ1n) is 6.83. The minimum atomic E-state index is 0.516. The molecule has 0 fully saturated rings. The van der Waals surface area contributed by atoms with Crippen LogP contribution >= 0.6 is 0 Å². The lowest BCUT2D eigenvalue weighted by atomic mass is 10.1. The van der Waals surface area contributed by atoms with Gasteiger partial charge < -0.3 is 15.4 Å². The molecule has 3 nitrogen and oxygen atoms in total. The van der Waals surface area contributed by atoms with Crippen LogP contribution in [-0.4, -0.2) is 32.8 Å². The lowest BCUT2D eigenvalue weighted by Gasteiger charge is -2.14. The smallest absolute Gasteiger partial charge is 0.119 e. The standard InChI is InChI=1S/C15H26N2O/c1-4-9-16-12-13(2)17-10-8-14-6-5-7-15(11-14)18-3/h5-7,11,13,16-17H,4,8-10,12H2,1-3H3. The van der Waals surface area contributed by atoms with E-state index in [2.05, 4.69) is 36.6 Å². The minimum absolute atomic E-state index is 0.516. The molecule has 18 heavy (non-hydrogen) atoms. The van der Waals surface area contributed by atoms with Gasteiger partial charge in [0.25, 0.3) is 0 Å². The van der Waals surface area contributed by atoms with Crippen molar-refractivity contribution in [3.05, 3.63) is 29.8 Å². The van der Waals surface area contributed by atoms with E-state index in [1.54, 1.807) is 7.11 Å². The Bertz CT molecular complexity index is 328. The second-order valence-corrected chi connectivity index (χ2v) is 4.66. The van der Waals surface area contributed by atoms with E-state index in [0.717, 1.165) is 31.8 Å². The summed E-state index contributed by atoms with van der Waals surface area (Å²) in [4.78, 5) is 0. The van der Waals surface area contributed by atoms with Crippen LogP contribution in [0, 0.1) is 0 Å². The molecule has 0 aliphatic rings. The van der Waals surface area contributed by atoms with Gasteiger partial charge in [0.05, 0.1) is 7.11 Å². The molecule has 0 saturated heterocycles. The molecule has 1 aromatic carbocycles. The first-order valence-corrected chi connectivity index (χ1v) is 6.83. The van der Waals surface area contributed by atoms with Crippen LogP contribution in [0.2, 0.25) is 0 Å². The van der Waals surface area contributed by atoms with E-state index in [4.69, 9.17) is 4.74 Å². The van der Waals surface area contributed by atoms with Gasteiger partial charge in [-0.3, -0.25) is 0 Å². The molecule has 1 rings (SSSR count). The SMILES string of the molecule is CCCNCC(C)NCCc1cccc(OC)c1. The van der Waals surface area contributed by atoms with Crippen molar-refractivity contribution in [2.24, 2.45) is 0 Å². The Balaban J connectivity index is 2.20. The van der Waals surface area contributed by atoms with Gasteiger partial charge in [0.2, 0.25) is 0 Å². The number of hydrogen-bond donors (Lipinski definition) is 2. The van der Waals surface area contributed by atoms with E-state index >= 15 is 0 Å². The largest absolute Gasteiger partial charge is 0.497 e. The average Bonchev–Trinajstić information content (AvgIpc) is 2.39. The number of rotatable bonds is 9. The molecule has 0 saturated carbocycles. The number of methoxy groups -OCH3 is 1. The molecule has 3 heteroatoms. The van der Waals surface area contributed by atoms with Crippen molar-refractivity contribution >= 4 is 0 Å². The van der Waals surface area contributed by atoms with Crippen LogP contribution in [0.3, 0.4) is 0 Å². The Morgan fingerprint density at radius 2 is 2.11 bits per heavy atom. The van der Waals surface area contributed by atoms with Crippen LogP contribution in [0.1, 0.15) is 25.8 Å². The highest BCUT2D eigenvalue weighted by Gasteiger charge is 2.00. The maximum absolute atomic E-state index is 5.22. The lowest BCUT2D eigenvalue weighted by Crippen LogP contribution is -2.37. The Labute approximate surface area is 111 Å². The molecule has 1 unspecified atom stereocenters. The van der Waals surface area contributed by atoms with E-state index in [-0.39, 0.29) is 0 Å². The molecule has 0 bridgehead atoms. The van der Waals surface area contributed by atoms with Gasteiger partial charge >= 0.3 is 0 Å². The normalized spacial score (nSPS) is 12.4. The van der Waals surface area contributed by atoms with E-state index in [1.807, 2.05) is 12.1 Å². The summed E-state index contributed by atoms with van der Waals surface area (Å²) in [6.45, 7) is 7.54. The quantitative estimate of drug-likeness (QED) is 0.659. The van der Waals surface area contributed by atoms with Crippen molar-refractivity contribution in [2.75, 3.05) is 26.7 Å². The van der Waals surface area contributed by atoms with Gasteiger partial charge in [-0.15, -0.1) is 0 Å². The maximum Gasteiger partial charge on any atom is 0.119 e. The third kappa shape index (κ3) is 6.03. The molecule has 0 spiro atoms. The van der Waals surface area contributed by atoms with Crippen molar-refractivity contribution in [2.45, 2.75) is 32.7 Å². The number of nitrogens with one attached hydrogen (secondary N) is 2. The van der Waals surface area contributed by atoms with Gasteiger partial charge in [0, 0.05) is 12.6 Å². The molecular formula is C15H26N2O. The summed E-state index contributed by atoms with van der Waals surface area (Å²) >= 11 is 0. The lowest BCUT2D eigenvalue weighted by molar-refractivity contribution is 0.414. The zero-order valence-corrected chi connectivity index (χ0v) is 11.8. The van der Waals surface area contributed by atoms with Crippen molar-refractivity contribution in [3.8, 4) is 5.75 Å². The summed E-state index contributed by atoms with van der Waals surface area (Å²) in [5, 5.41) is 6.94. The highest BCUT2D eigenvalue weighted by Crippen LogP contribution is 2.12. The summed E-state index contributed by atoms with van der Waals surface area (Å²) in [5.41, 5.74) is 1.32. The first kappa shape index (κ1) is 15.0. The Hall–Kier alpha value is -1.06. The van der Waals surface area contributed by atoms with Crippen molar-refractivity contribution in [1.29, 1.82) is 0 Å². The summed E-state index contributed by atoms with van der Waals surface area (Å²) in [7, 11) is 1.71. The molecule has 0 aliphatic heterocycles. The Kier molecular flexibility index (Phi) is 7.46. The van der Waals surface area contributed by atoms with Crippen LogP contribution in [0.4, 0.5) is 0 Å². The van der Waals surface area contributed by atoms with Crippen LogP contribution in [0.5, 0.6) is 5.75 Å². The summed E-state index contributed by atoms with van der Waals surface area (Å²) < 4.78 is 5.22. The van der Waals surface area contributed by atoms with Gasteiger partial charge in [0.15, 0.2) is 0 Å². The molecule has 2 N–H and O–H groups in total. The highest BCUT2D eigenvalue weighted by atomic mass is 16.5. The van der Waals surface area contributed by atoms with Crippen molar-refractivity contribution in [3.63, 3.8) is 0 Å². The fourth-order valence-corrected chi connectivity index (χ4v) is 1.86. The predicted octanol–water partition coefficient (Wildman–Crippen LogP) is 2.22. The molecule has 1 atom stereocenters. The van der Waals surface area contributed by atoms with Gasteiger partial charge in [0.1, 0.15) is 5.75 Å². The van der Waals surface area contributed by atoms with Crippen LogP contribution < -0.4 is 15.4 Å². The van der Waals surface area contributed by atoms with Gasteiger partial charge in [-0.25, -0.2) is 0 Å². The third-order valence-electron chi connectivity index (χ3n) is 2.92. The minimum Gasteiger partial charge on any atom is -0.497 e. The van der Waals surface area contributed by atoms with Crippen LogP contribution in [-0.2, 0) is 6.42 Å². The van der Waals surface area contributed by atoms with Crippen molar-refractivity contribution < 1.29 is 4.74 Å². The Morgan fingerprint density at radius 1 is 1.28 bits per heavy atom. The summed E-state index contributed by atoms with van der Waals surface area (Å²) in [6.07, 6.45) is 2.23. The molecule has 0 aromatic heterocycles. The first-order chi connectivity index (χ1) is 8.76. The molecule has 0 aliphatic carbocycles. The van der Waals surface area contributed by atoms with Crippen LogP contribution in [0.15, 0.2) is 24.3 Å². The zero-order valence-electron chi connectivity index (χ0n) is 11.8. The fourth-order valence-electron chi connectivity index (χ4n) is 1.86. The summed E-state index contributed by atoms with van der Waals surface area (Å²) in [5.74, 6) is 0.935. The number of benzene rings is 1. The van der Waals surface area contributed by atoms with Crippen LogP contribution in [0.25, 0.3) is 0 Å². The predicted molar refractivity (Wildman–Crippen MR) is 77.3 cm³/mol. The highest BCUT2D eigenvalue weighted by molar-refractivity contribution is 5.28. The fraction of sp³-hybridized carbons (Fsp3) is 0.600. The molecule has 0 radical (unpaired) electrons. The molecular weight excluding hydrogens is 224 g/mol. The maximum atomic E-state index is 5.22. The van der Waals surface area contributed by atoms with E-state index in [1.165, 1.54) is 12.0 Å². The van der Waals surface area contributed by atoms with E-state index in [9.17, 15) is 0 Å². The van der Waals surface area contributed by atoms with Gasteiger partial charge in [-0.05, 0) is 50.6 Å². The van der Waals surface area contributed by atoms with E-state index in [0.29, 0.717) is 6.04 Å². The third-order valence-corrected chi connectivity index (χ3v) is 2.92. The molecule has 0 heterocycles. The summed E-state index contributed by atoms with van der Waals surface area (Å²) in [6, 6.07) is 8.78. The van der Waals surface area contributed by atoms with Crippen molar-refractivity contribution in [1.82, 2.24) is 10.6 Å².